The zero-order valence-corrected chi connectivity index (χ0v) is 13.7. The summed E-state index contributed by atoms with van der Waals surface area (Å²) in [7, 11) is 0. The Bertz CT molecular complexity index is 462. The van der Waals surface area contributed by atoms with Crippen LogP contribution < -0.4 is 0 Å². The van der Waals surface area contributed by atoms with Crippen molar-refractivity contribution in [2.75, 3.05) is 0 Å². The van der Waals surface area contributed by atoms with Crippen LogP contribution in [0.25, 0.3) is 0 Å². The van der Waals surface area contributed by atoms with Crippen molar-refractivity contribution in [3.05, 3.63) is 23.8 Å². The van der Waals surface area contributed by atoms with Crippen LogP contribution in [-0.2, 0) is 9.59 Å². The molecule has 3 atom stereocenters. The van der Waals surface area contributed by atoms with Gasteiger partial charge in [0.2, 0.25) is 0 Å². The minimum absolute atomic E-state index is 0.254. The Balaban J connectivity index is 2.29. The van der Waals surface area contributed by atoms with Gasteiger partial charge in [-0.25, -0.2) is 0 Å². The molecule has 2 nitrogen and oxygen atoms in total. The zero-order chi connectivity index (χ0) is 15.7. The molecule has 0 bridgehead atoms. The van der Waals surface area contributed by atoms with Crippen LogP contribution in [-0.4, -0.2) is 12.6 Å². The van der Waals surface area contributed by atoms with Gasteiger partial charge in [0, 0.05) is 0 Å². The monoisotopic (exact) mass is 288 g/mol. The van der Waals surface area contributed by atoms with Crippen molar-refractivity contribution in [2.24, 2.45) is 22.7 Å². The van der Waals surface area contributed by atoms with Crippen LogP contribution in [0.1, 0.15) is 59.3 Å². The van der Waals surface area contributed by atoms with Gasteiger partial charge in [-0.3, -0.25) is 9.59 Å². The van der Waals surface area contributed by atoms with E-state index in [9.17, 15) is 9.59 Å². The van der Waals surface area contributed by atoms with Gasteiger partial charge >= 0.3 is 0 Å². The lowest BCUT2D eigenvalue weighted by atomic mass is 9.47. The fraction of sp³-hybridized carbons (Fsp3) is 0.684. The summed E-state index contributed by atoms with van der Waals surface area (Å²) < 4.78 is 0. The normalized spacial score (nSPS) is 34.7. The molecule has 0 saturated heterocycles. The number of allylic oxidation sites excluding steroid dienone is 3. The first-order valence-corrected chi connectivity index (χ1v) is 8.13. The van der Waals surface area contributed by atoms with Gasteiger partial charge in [-0.05, 0) is 54.8 Å². The van der Waals surface area contributed by atoms with Crippen LogP contribution in [0.2, 0.25) is 0 Å². The minimum atomic E-state index is 0.254. The molecule has 0 aromatic rings. The number of aldehydes is 2. The summed E-state index contributed by atoms with van der Waals surface area (Å²) in [4.78, 5) is 21.7. The molecular formula is C19H28O2. The lowest BCUT2D eigenvalue weighted by Crippen LogP contribution is -2.49. The number of hydrogen-bond donors (Lipinski definition) is 0. The fourth-order valence-electron chi connectivity index (χ4n) is 5.09. The summed E-state index contributed by atoms with van der Waals surface area (Å²) in [5, 5.41) is 0. The highest BCUT2D eigenvalue weighted by molar-refractivity contribution is 5.99. The molecule has 0 aromatic heterocycles. The van der Waals surface area contributed by atoms with E-state index in [1.807, 2.05) is 6.08 Å². The number of carbonyl (C=O) groups excluding carboxylic acids is 2. The van der Waals surface area contributed by atoms with Crippen molar-refractivity contribution < 1.29 is 9.59 Å². The van der Waals surface area contributed by atoms with Gasteiger partial charge < -0.3 is 0 Å². The van der Waals surface area contributed by atoms with Gasteiger partial charge in [0.15, 0.2) is 12.6 Å². The number of hydrogen-bond acceptors (Lipinski definition) is 2. The maximum absolute atomic E-state index is 10.8. The van der Waals surface area contributed by atoms with Crippen molar-refractivity contribution >= 4 is 12.6 Å². The molecule has 21 heavy (non-hydrogen) atoms. The van der Waals surface area contributed by atoms with E-state index in [1.54, 1.807) is 0 Å². The second-order valence-corrected chi connectivity index (χ2v) is 7.83. The van der Waals surface area contributed by atoms with E-state index in [2.05, 4.69) is 27.4 Å². The van der Waals surface area contributed by atoms with Crippen LogP contribution in [0.15, 0.2) is 23.8 Å². The molecule has 2 aliphatic rings. The van der Waals surface area contributed by atoms with E-state index in [1.165, 1.54) is 31.3 Å². The lowest BCUT2D eigenvalue weighted by Gasteiger charge is -2.58. The Morgan fingerprint density at radius 2 is 1.90 bits per heavy atom. The van der Waals surface area contributed by atoms with E-state index in [-0.39, 0.29) is 11.0 Å². The van der Waals surface area contributed by atoms with Gasteiger partial charge in [-0.15, -0.1) is 0 Å². The summed E-state index contributed by atoms with van der Waals surface area (Å²) in [5.41, 5.74) is 2.21. The standard InChI is InChI=1S/C19H28O2/c1-14-6-9-17-18(2,3)10-5-11-19(17,4)16(14)8-7-15(12-20)13-21/h7,12-13,16-17H,1,5-6,8-11H2,2-4H3/t16-,17-,19+/m0/s1. The molecule has 0 aromatic carbocycles. The molecule has 0 amide bonds. The average molecular weight is 288 g/mol. The smallest absolute Gasteiger partial charge is 0.153 e. The third-order valence-corrected chi connectivity index (χ3v) is 6.18. The van der Waals surface area contributed by atoms with Gasteiger partial charge in [-0.1, -0.05) is 45.4 Å². The predicted octanol–water partition coefficient (Wildman–Crippen LogP) is 4.50. The summed E-state index contributed by atoms with van der Waals surface area (Å²) >= 11 is 0. The first kappa shape index (κ1) is 16.2. The van der Waals surface area contributed by atoms with Crippen LogP contribution in [0.3, 0.4) is 0 Å². The third-order valence-electron chi connectivity index (χ3n) is 6.18. The zero-order valence-electron chi connectivity index (χ0n) is 13.7. The second-order valence-electron chi connectivity index (χ2n) is 7.83. The van der Waals surface area contributed by atoms with Gasteiger partial charge in [0.25, 0.3) is 0 Å². The largest absolute Gasteiger partial charge is 0.298 e. The molecule has 0 spiro atoms. The van der Waals surface area contributed by atoms with Crippen molar-refractivity contribution in [3.63, 3.8) is 0 Å². The Labute approximate surface area is 128 Å². The average Bonchev–Trinajstić information content (AvgIpc) is 2.41. The van der Waals surface area contributed by atoms with E-state index in [4.69, 9.17) is 0 Å². The molecule has 0 N–H and O–H groups in total. The summed E-state index contributed by atoms with van der Waals surface area (Å²) in [6, 6.07) is 0. The molecule has 0 unspecified atom stereocenters. The first-order valence-electron chi connectivity index (χ1n) is 8.13. The first-order chi connectivity index (χ1) is 9.85. The van der Waals surface area contributed by atoms with Gasteiger partial charge in [0.1, 0.15) is 0 Å². The Morgan fingerprint density at radius 3 is 2.52 bits per heavy atom. The SMILES string of the molecule is C=C1CC[C@H]2C(C)(C)CCC[C@]2(C)[C@H]1CC=C(C=O)C=O. The van der Waals surface area contributed by atoms with Crippen LogP contribution in [0, 0.1) is 22.7 Å². The Kier molecular flexibility index (Phi) is 4.55. The predicted molar refractivity (Wildman–Crippen MR) is 85.9 cm³/mol. The quantitative estimate of drug-likeness (QED) is 0.251. The highest BCUT2D eigenvalue weighted by Gasteiger charge is 2.52. The molecule has 0 heterocycles. The summed E-state index contributed by atoms with van der Waals surface area (Å²) in [6.07, 6.45) is 10.0. The molecule has 2 aliphatic carbocycles. The van der Waals surface area contributed by atoms with E-state index < -0.39 is 0 Å². The van der Waals surface area contributed by atoms with E-state index in [0.717, 1.165) is 12.8 Å². The van der Waals surface area contributed by atoms with Gasteiger partial charge in [-0.2, -0.15) is 0 Å². The summed E-state index contributed by atoms with van der Waals surface area (Å²) in [6.45, 7) is 11.5. The molecular weight excluding hydrogens is 260 g/mol. The lowest BCUT2D eigenvalue weighted by molar-refractivity contribution is -0.109. The third kappa shape index (κ3) is 2.90. The van der Waals surface area contributed by atoms with Crippen LogP contribution in [0.4, 0.5) is 0 Å². The highest BCUT2D eigenvalue weighted by atomic mass is 16.1. The van der Waals surface area contributed by atoms with Crippen molar-refractivity contribution in [1.82, 2.24) is 0 Å². The Hall–Kier alpha value is -1.18. The van der Waals surface area contributed by atoms with E-state index in [0.29, 0.717) is 29.8 Å². The molecule has 0 aliphatic heterocycles. The number of carbonyl (C=O) groups is 2. The minimum Gasteiger partial charge on any atom is -0.298 e. The maximum Gasteiger partial charge on any atom is 0.153 e. The number of fused-ring (bicyclic) bond motifs is 1. The van der Waals surface area contributed by atoms with E-state index >= 15 is 0 Å². The molecule has 2 saturated carbocycles. The molecule has 2 rings (SSSR count). The topological polar surface area (TPSA) is 34.1 Å². The molecule has 2 heteroatoms. The van der Waals surface area contributed by atoms with Crippen LogP contribution in [0.5, 0.6) is 0 Å². The highest BCUT2D eigenvalue weighted by Crippen LogP contribution is 2.61. The second kappa shape index (κ2) is 5.90. The molecule has 116 valence electrons. The van der Waals surface area contributed by atoms with Crippen LogP contribution >= 0.6 is 0 Å². The number of rotatable bonds is 4. The van der Waals surface area contributed by atoms with Crippen molar-refractivity contribution in [2.45, 2.75) is 59.3 Å². The van der Waals surface area contributed by atoms with Crippen molar-refractivity contribution in [3.8, 4) is 0 Å². The van der Waals surface area contributed by atoms with Crippen molar-refractivity contribution in [1.29, 1.82) is 0 Å². The maximum atomic E-state index is 10.8. The fourth-order valence-corrected chi connectivity index (χ4v) is 5.09. The summed E-state index contributed by atoms with van der Waals surface area (Å²) in [5.74, 6) is 1.10. The molecule has 2 fully saturated rings. The molecule has 0 radical (unpaired) electrons. The Morgan fingerprint density at radius 1 is 1.24 bits per heavy atom. The van der Waals surface area contributed by atoms with Gasteiger partial charge in [0.05, 0.1) is 5.57 Å².